The molecule has 1 aromatic carbocycles. The van der Waals surface area contributed by atoms with Crippen molar-refractivity contribution in [2.24, 2.45) is 0 Å². The van der Waals surface area contributed by atoms with E-state index < -0.39 is 0 Å². The van der Waals surface area contributed by atoms with E-state index in [0.717, 1.165) is 16.6 Å². The summed E-state index contributed by atoms with van der Waals surface area (Å²) in [6.45, 7) is 1.90. The lowest BCUT2D eigenvalue weighted by Gasteiger charge is -2.04. The van der Waals surface area contributed by atoms with Crippen molar-refractivity contribution in [1.82, 2.24) is 9.97 Å². The molecule has 3 rings (SSSR count). The summed E-state index contributed by atoms with van der Waals surface area (Å²) in [7, 11) is 0. The molecule has 19 heavy (non-hydrogen) atoms. The third kappa shape index (κ3) is 2.08. The van der Waals surface area contributed by atoms with Gasteiger partial charge in [0.2, 0.25) is 0 Å². The third-order valence-electron chi connectivity index (χ3n) is 3.03. The maximum atomic E-state index is 12.3. The molecule has 1 amide bonds. The van der Waals surface area contributed by atoms with Gasteiger partial charge in [-0.1, -0.05) is 24.3 Å². The molecular formula is C15H13N3O. The second-order valence-corrected chi connectivity index (χ2v) is 4.34. The van der Waals surface area contributed by atoms with Gasteiger partial charge < -0.3 is 10.3 Å². The Balaban J connectivity index is 2.00. The highest BCUT2D eigenvalue weighted by molar-refractivity contribution is 6.13. The zero-order valence-electron chi connectivity index (χ0n) is 10.5. The number of anilines is 1. The van der Waals surface area contributed by atoms with Gasteiger partial charge in [-0.3, -0.25) is 4.79 Å². The molecule has 4 heteroatoms. The number of carbonyl (C=O) groups excluding carboxylic acids is 1. The van der Waals surface area contributed by atoms with Crippen molar-refractivity contribution in [3.05, 3.63) is 59.9 Å². The molecule has 2 aromatic heterocycles. The second-order valence-electron chi connectivity index (χ2n) is 4.34. The first-order chi connectivity index (χ1) is 9.25. The first-order valence-corrected chi connectivity index (χ1v) is 6.05. The van der Waals surface area contributed by atoms with Gasteiger partial charge in [-0.25, -0.2) is 4.98 Å². The Morgan fingerprint density at radius 3 is 2.74 bits per heavy atom. The van der Waals surface area contributed by atoms with Gasteiger partial charge in [0.1, 0.15) is 5.82 Å². The Bertz CT molecular complexity index is 731. The van der Waals surface area contributed by atoms with Crippen LogP contribution in [0.15, 0.2) is 48.7 Å². The van der Waals surface area contributed by atoms with Crippen LogP contribution in [-0.2, 0) is 0 Å². The Labute approximate surface area is 110 Å². The summed E-state index contributed by atoms with van der Waals surface area (Å²) in [5, 5.41) is 3.73. The monoisotopic (exact) mass is 251 g/mol. The number of hydrogen-bond acceptors (Lipinski definition) is 2. The number of pyridine rings is 1. The van der Waals surface area contributed by atoms with Gasteiger partial charge >= 0.3 is 0 Å². The number of fused-ring (bicyclic) bond motifs is 1. The number of para-hydroxylation sites is 1. The van der Waals surface area contributed by atoms with E-state index in [0.29, 0.717) is 11.4 Å². The molecule has 0 radical (unpaired) electrons. The Morgan fingerprint density at radius 2 is 1.95 bits per heavy atom. The number of nitrogens with zero attached hydrogens (tertiary/aromatic N) is 1. The quantitative estimate of drug-likeness (QED) is 0.735. The molecule has 0 bridgehead atoms. The average Bonchev–Trinajstić information content (AvgIpc) is 2.75. The number of hydrogen-bond donors (Lipinski definition) is 2. The number of amides is 1. The SMILES string of the molecule is Cc1[nH]c2ccccc2c1C(=O)Nc1ccccn1. The molecule has 0 saturated heterocycles. The number of carbonyl (C=O) groups is 1. The maximum Gasteiger partial charge on any atom is 0.259 e. The molecule has 0 saturated carbocycles. The van der Waals surface area contributed by atoms with E-state index in [4.69, 9.17) is 0 Å². The topological polar surface area (TPSA) is 57.8 Å². The molecule has 2 N–H and O–H groups in total. The van der Waals surface area contributed by atoms with Crippen molar-refractivity contribution in [2.75, 3.05) is 5.32 Å². The van der Waals surface area contributed by atoms with Gasteiger partial charge in [-0.2, -0.15) is 0 Å². The predicted molar refractivity (Wildman–Crippen MR) is 75.2 cm³/mol. The second kappa shape index (κ2) is 4.57. The minimum Gasteiger partial charge on any atom is -0.358 e. The van der Waals surface area contributed by atoms with Crippen LogP contribution < -0.4 is 5.32 Å². The number of benzene rings is 1. The molecule has 0 aliphatic heterocycles. The average molecular weight is 251 g/mol. The number of aryl methyl sites for hydroxylation is 1. The van der Waals surface area contributed by atoms with Gasteiger partial charge in [-0.05, 0) is 25.1 Å². The van der Waals surface area contributed by atoms with E-state index in [9.17, 15) is 4.79 Å². The molecule has 0 spiro atoms. The van der Waals surface area contributed by atoms with Crippen molar-refractivity contribution in [1.29, 1.82) is 0 Å². The summed E-state index contributed by atoms with van der Waals surface area (Å²) in [6.07, 6.45) is 1.65. The number of nitrogens with one attached hydrogen (secondary N) is 2. The van der Waals surface area contributed by atoms with Crippen LogP contribution in [0.25, 0.3) is 10.9 Å². The lowest BCUT2D eigenvalue weighted by Crippen LogP contribution is -2.13. The highest BCUT2D eigenvalue weighted by Gasteiger charge is 2.15. The molecular weight excluding hydrogens is 238 g/mol. The van der Waals surface area contributed by atoms with Gasteiger partial charge in [0.15, 0.2) is 0 Å². The fourth-order valence-electron chi connectivity index (χ4n) is 2.18. The van der Waals surface area contributed by atoms with Crippen molar-refractivity contribution in [3.8, 4) is 0 Å². The van der Waals surface area contributed by atoms with Crippen LogP contribution in [0, 0.1) is 6.92 Å². The van der Waals surface area contributed by atoms with Crippen molar-refractivity contribution >= 4 is 22.6 Å². The molecule has 0 atom stereocenters. The molecule has 94 valence electrons. The van der Waals surface area contributed by atoms with Gasteiger partial charge in [-0.15, -0.1) is 0 Å². The van der Waals surface area contributed by atoms with Crippen LogP contribution in [0.1, 0.15) is 16.1 Å². The fraction of sp³-hybridized carbons (Fsp3) is 0.0667. The van der Waals surface area contributed by atoms with Gasteiger partial charge in [0.05, 0.1) is 5.56 Å². The predicted octanol–water partition coefficient (Wildman–Crippen LogP) is 3.12. The number of H-pyrrole nitrogens is 1. The van der Waals surface area contributed by atoms with E-state index in [1.165, 1.54) is 0 Å². The zero-order valence-corrected chi connectivity index (χ0v) is 10.5. The van der Waals surface area contributed by atoms with Crippen molar-refractivity contribution < 1.29 is 4.79 Å². The number of aromatic amines is 1. The zero-order chi connectivity index (χ0) is 13.2. The van der Waals surface area contributed by atoms with Crippen LogP contribution in [-0.4, -0.2) is 15.9 Å². The molecule has 0 aliphatic rings. The molecule has 3 aromatic rings. The number of aromatic nitrogens is 2. The summed E-state index contributed by atoms with van der Waals surface area (Å²) in [6, 6.07) is 13.2. The van der Waals surface area contributed by atoms with Crippen LogP contribution in [0.5, 0.6) is 0 Å². The molecule has 0 unspecified atom stereocenters. The van der Waals surface area contributed by atoms with E-state index in [-0.39, 0.29) is 5.91 Å². The highest BCUT2D eigenvalue weighted by Crippen LogP contribution is 2.22. The van der Waals surface area contributed by atoms with Crippen molar-refractivity contribution in [2.45, 2.75) is 6.92 Å². The highest BCUT2D eigenvalue weighted by atomic mass is 16.1. The van der Waals surface area contributed by atoms with Crippen LogP contribution >= 0.6 is 0 Å². The van der Waals surface area contributed by atoms with E-state index in [1.54, 1.807) is 12.3 Å². The summed E-state index contributed by atoms with van der Waals surface area (Å²) < 4.78 is 0. The molecule has 0 aliphatic carbocycles. The first kappa shape index (κ1) is 11.5. The van der Waals surface area contributed by atoms with E-state index in [2.05, 4.69) is 15.3 Å². The first-order valence-electron chi connectivity index (χ1n) is 6.05. The molecule has 0 fully saturated rings. The van der Waals surface area contributed by atoms with Crippen LogP contribution in [0.3, 0.4) is 0 Å². The largest absolute Gasteiger partial charge is 0.358 e. The van der Waals surface area contributed by atoms with E-state index >= 15 is 0 Å². The van der Waals surface area contributed by atoms with Crippen LogP contribution in [0.2, 0.25) is 0 Å². The standard InChI is InChI=1S/C15H13N3O/c1-10-14(11-6-2-3-7-12(11)17-10)15(19)18-13-8-4-5-9-16-13/h2-9,17H,1H3,(H,16,18,19). The minimum atomic E-state index is -0.145. The Morgan fingerprint density at radius 1 is 1.16 bits per heavy atom. The van der Waals surface area contributed by atoms with Gasteiger partial charge in [0.25, 0.3) is 5.91 Å². The Hall–Kier alpha value is -2.62. The number of rotatable bonds is 2. The summed E-state index contributed by atoms with van der Waals surface area (Å²) >= 11 is 0. The lowest BCUT2D eigenvalue weighted by molar-refractivity contribution is 0.102. The lowest BCUT2D eigenvalue weighted by atomic mass is 10.1. The van der Waals surface area contributed by atoms with Crippen LogP contribution in [0.4, 0.5) is 5.82 Å². The Kier molecular flexibility index (Phi) is 2.76. The minimum absolute atomic E-state index is 0.145. The smallest absolute Gasteiger partial charge is 0.259 e. The van der Waals surface area contributed by atoms with Gasteiger partial charge in [0, 0.05) is 22.8 Å². The van der Waals surface area contributed by atoms with E-state index in [1.807, 2.05) is 43.3 Å². The molecule has 2 heterocycles. The normalized spacial score (nSPS) is 10.6. The third-order valence-corrected chi connectivity index (χ3v) is 3.03. The summed E-state index contributed by atoms with van der Waals surface area (Å²) in [5.41, 5.74) is 2.49. The fourth-order valence-corrected chi connectivity index (χ4v) is 2.18. The van der Waals surface area contributed by atoms with Crippen molar-refractivity contribution in [3.63, 3.8) is 0 Å². The maximum absolute atomic E-state index is 12.3. The molecule has 4 nitrogen and oxygen atoms in total. The summed E-state index contributed by atoms with van der Waals surface area (Å²) in [4.78, 5) is 19.6. The summed E-state index contributed by atoms with van der Waals surface area (Å²) in [5.74, 6) is 0.408.